The van der Waals surface area contributed by atoms with Crippen LogP contribution < -0.4 is 5.32 Å². The molecule has 18 heavy (non-hydrogen) atoms. The predicted octanol–water partition coefficient (Wildman–Crippen LogP) is 2.63. The fourth-order valence-electron chi connectivity index (χ4n) is 2.60. The summed E-state index contributed by atoms with van der Waals surface area (Å²) in [5, 5.41) is 10.5. The second-order valence-electron chi connectivity index (χ2n) is 4.98. The lowest BCUT2D eigenvalue weighted by atomic mass is 10.0. The van der Waals surface area contributed by atoms with E-state index in [9.17, 15) is 4.79 Å². The molecule has 1 aliphatic heterocycles. The highest BCUT2D eigenvalue weighted by molar-refractivity contribution is 6.06. The Morgan fingerprint density at radius 2 is 2.11 bits per heavy atom. The molecule has 2 fully saturated rings. The first-order chi connectivity index (χ1) is 8.70. The first-order valence-electron chi connectivity index (χ1n) is 6.46. The number of nitrogens with one attached hydrogen (secondary N) is 2. The van der Waals surface area contributed by atoms with Crippen LogP contribution in [0.2, 0.25) is 0 Å². The molecule has 1 aromatic rings. The number of carbonyl (C=O) groups excluding carboxylic acids is 1. The van der Waals surface area contributed by atoms with Gasteiger partial charge in [-0.25, -0.2) is 4.79 Å². The van der Waals surface area contributed by atoms with Crippen molar-refractivity contribution >= 4 is 11.9 Å². The topological polar surface area (TPSA) is 56.2 Å². The molecular formula is C14H17N3O. The average Bonchev–Trinajstić information content (AvgIpc) is 3.15. The van der Waals surface area contributed by atoms with E-state index < -0.39 is 0 Å². The van der Waals surface area contributed by atoms with Gasteiger partial charge in [-0.3, -0.25) is 10.7 Å². The third-order valence-corrected chi connectivity index (χ3v) is 3.70. The largest absolute Gasteiger partial charge is 0.323 e. The number of amidine groups is 1. The van der Waals surface area contributed by atoms with E-state index in [0.717, 1.165) is 5.56 Å². The number of hydrogen-bond donors (Lipinski definition) is 2. The van der Waals surface area contributed by atoms with Crippen LogP contribution in [0.25, 0.3) is 0 Å². The number of rotatable bonds is 3. The van der Waals surface area contributed by atoms with Gasteiger partial charge in [0.25, 0.3) is 0 Å². The summed E-state index contributed by atoms with van der Waals surface area (Å²) in [6, 6.07) is 7.94. The van der Waals surface area contributed by atoms with E-state index >= 15 is 0 Å². The molecule has 0 radical (unpaired) electrons. The average molecular weight is 243 g/mol. The van der Waals surface area contributed by atoms with Crippen molar-refractivity contribution in [3.63, 3.8) is 0 Å². The van der Waals surface area contributed by atoms with Crippen LogP contribution in [0.1, 0.15) is 42.9 Å². The molecule has 1 aromatic carbocycles. The normalized spacial score (nSPS) is 23.4. The molecular weight excluding hydrogens is 226 g/mol. The quantitative estimate of drug-likeness (QED) is 0.842. The molecule has 1 heterocycles. The lowest BCUT2D eigenvalue weighted by Gasteiger charge is -2.21. The van der Waals surface area contributed by atoms with E-state index in [1.807, 2.05) is 19.1 Å². The van der Waals surface area contributed by atoms with Crippen molar-refractivity contribution in [2.45, 2.75) is 31.7 Å². The SMILES string of the molecule is CCN1C(=O)NC(=N)C1c1cccc(C2CC2)c1. The number of carbonyl (C=O) groups is 1. The van der Waals surface area contributed by atoms with Gasteiger partial charge in [0, 0.05) is 6.54 Å². The van der Waals surface area contributed by atoms with Crippen LogP contribution in [-0.4, -0.2) is 23.3 Å². The molecule has 0 aromatic heterocycles. The van der Waals surface area contributed by atoms with Gasteiger partial charge in [0.1, 0.15) is 11.9 Å². The van der Waals surface area contributed by atoms with Crippen LogP contribution in [0.5, 0.6) is 0 Å². The van der Waals surface area contributed by atoms with Crippen molar-refractivity contribution in [1.29, 1.82) is 5.41 Å². The van der Waals surface area contributed by atoms with Crippen molar-refractivity contribution < 1.29 is 4.79 Å². The van der Waals surface area contributed by atoms with Crippen molar-refractivity contribution in [3.05, 3.63) is 35.4 Å². The Kier molecular flexibility index (Phi) is 2.58. The van der Waals surface area contributed by atoms with E-state index in [-0.39, 0.29) is 17.9 Å². The number of likely N-dealkylation sites (N-methyl/N-ethyl adjacent to an activating group) is 1. The molecule has 1 saturated carbocycles. The van der Waals surface area contributed by atoms with E-state index in [1.165, 1.54) is 18.4 Å². The molecule has 3 rings (SSSR count). The second kappa shape index (κ2) is 4.12. The second-order valence-corrected chi connectivity index (χ2v) is 4.98. The Balaban J connectivity index is 1.95. The van der Waals surface area contributed by atoms with Gasteiger partial charge in [0.2, 0.25) is 0 Å². The maximum absolute atomic E-state index is 11.7. The highest BCUT2D eigenvalue weighted by atomic mass is 16.2. The van der Waals surface area contributed by atoms with Gasteiger partial charge in [0.05, 0.1) is 0 Å². The highest BCUT2D eigenvalue weighted by Gasteiger charge is 2.36. The molecule has 2 N–H and O–H groups in total. The Bertz CT molecular complexity index is 508. The summed E-state index contributed by atoms with van der Waals surface area (Å²) in [6.07, 6.45) is 2.53. The standard InChI is InChI=1S/C14H17N3O/c1-2-17-12(13(15)16-14(17)18)11-5-3-4-10(8-11)9-6-7-9/h3-5,8-9,12H,2,6-7H2,1H3,(H2,15,16,18). The van der Waals surface area contributed by atoms with Crippen LogP contribution in [0.3, 0.4) is 0 Å². The van der Waals surface area contributed by atoms with Crippen molar-refractivity contribution in [2.75, 3.05) is 6.54 Å². The Labute approximate surface area is 106 Å². The fourth-order valence-corrected chi connectivity index (χ4v) is 2.60. The van der Waals surface area contributed by atoms with Crippen LogP contribution in [-0.2, 0) is 0 Å². The summed E-state index contributed by atoms with van der Waals surface area (Å²) in [5.41, 5.74) is 2.39. The summed E-state index contributed by atoms with van der Waals surface area (Å²) in [6.45, 7) is 2.56. The maximum Gasteiger partial charge on any atom is 0.323 e. The molecule has 1 unspecified atom stereocenters. The van der Waals surface area contributed by atoms with Crippen molar-refractivity contribution in [3.8, 4) is 0 Å². The minimum Gasteiger partial charge on any atom is -0.310 e. The lowest BCUT2D eigenvalue weighted by Crippen LogP contribution is -2.29. The van der Waals surface area contributed by atoms with Crippen LogP contribution in [0, 0.1) is 5.41 Å². The molecule has 94 valence electrons. The molecule has 1 aliphatic carbocycles. The Morgan fingerprint density at radius 1 is 1.39 bits per heavy atom. The summed E-state index contributed by atoms with van der Waals surface area (Å²) in [5.74, 6) is 0.981. The first kappa shape index (κ1) is 11.3. The highest BCUT2D eigenvalue weighted by Crippen LogP contribution is 2.41. The minimum absolute atomic E-state index is 0.163. The predicted molar refractivity (Wildman–Crippen MR) is 69.8 cm³/mol. The molecule has 2 aliphatic rings. The zero-order chi connectivity index (χ0) is 12.7. The number of amides is 2. The number of nitrogens with zero attached hydrogens (tertiary/aromatic N) is 1. The summed E-state index contributed by atoms with van der Waals surface area (Å²) in [7, 11) is 0. The molecule has 2 amide bonds. The number of benzene rings is 1. The first-order valence-corrected chi connectivity index (χ1v) is 6.46. The molecule has 0 bridgehead atoms. The Hall–Kier alpha value is -1.84. The zero-order valence-corrected chi connectivity index (χ0v) is 10.4. The number of hydrogen-bond acceptors (Lipinski definition) is 2. The van der Waals surface area contributed by atoms with Gasteiger partial charge in [-0.15, -0.1) is 0 Å². The minimum atomic E-state index is -0.235. The third kappa shape index (κ3) is 1.78. The Morgan fingerprint density at radius 3 is 2.78 bits per heavy atom. The van der Waals surface area contributed by atoms with Gasteiger partial charge >= 0.3 is 6.03 Å². The van der Waals surface area contributed by atoms with Crippen LogP contribution in [0.4, 0.5) is 4.79 Å². The smallest absolute Gasteiger partial charge is 0.310 e. The van der Waals surface area contributed by atoms with E-state index in [0.29, 0.717) is 12.5 Å². The monoisotopic (exact) mass is 243 g/mol. The molecule has 0 spiro atoms. The molecule has 4 nitrogen and oxygen atoms in total. The van der Waals surface area contributed by atoms with Crippen molar-refractivity contribution in [1.82, 2.24) is 10.2 Å². The van der Waals surface area contributed by atoms with E-state index in [1.54, 1.807) is 4.90 Å². The van der Waals surface area contributed by atoms with Crippen LogP contribution in [0.15, 0.2) is 24.3 Å². The van der Waals surface area contributed by atoms with Gasteiger partial charge in [-0.05, 0) is 36.8 Å². The zero-order valence-electron chi connectivity index (χ0n) is 10.4. The summed E-state index contributed by atoms with van der Waals surface area (Å²) >= 11 is 0. The molecule has 1 atom stereocenters. The van der Waals surface area contributed by atoms with Crippen LogP contribution >= 0.6 is 0 Å². The summed E-state index contributed by atoms with van der Waals surface area (Å²) in [4.78, 5) is 13.4. The maximum atomic E-state index is 11.7. The van der Waals surface area contributed by atoms with Gasteiger partial charge in [-0.2, -0.15) is 0 Å². The summed E-state index contributed by atoms with van der Waals surface area (Å²) < 4.78 is 0. The van der Waals surface area contributed by atoms with E-state index in [4.69, 9.17) is 5.41 Å². The van der Waals surface area contributed by atoms with E-state index in [2.05, 4.69) is 17.4 Å². The molecule has 4 heteroatoms. The lowest BCUT2D eigenvalue weighted by molar-refractivity contribution is 0.209. The molecule has 1 saturated heterocycles. The van der Waals surface area contributed by atoms with Gasteiger partial charge < -0.3 is 4.90 Å². The third-order valence-electron chi connectivity index (χ3n) is 3.70. The fraction of sp³-hybridized carbons (Fsp3) is 0.429. The number of urea groups is 1. The van der Waals surface area contributed by atoms with Crippen molar-refractivity contribution in [2.24, 2.45) is 0 Å². The van der Waals surface area contributed by atoms with Gasteiger partial charge in [0.15, 0.2) is 0 Å². The van der Waals surface area contributed by atoms with Gasteiger partial charge in [-0.1, -0.05) is 24.3 Å².